The third-order valence-electron chi connectivity index (χ3n) is 2.32. The lowest BCUT2D eigenvalue weighted by Crippen LogP contribution is -2.04. The lowest BCUT2D eigenvalue weighted by Gasteiger charge is -2.13. The minimum atomic E-state index is -0.515. The molecule has 0 spiro atoms. The van der Waals surface area contributed by atoms with Gasteiger partial charge >= 0.3 is 5.97 Å². The van der Waals surface area contributed by atoms with Gasteiger partial charge < -0.3 is 14.2 Å². The molecule has 0 heterocycles. The van der Waals surface area contributed by atoms with E-state index in [-0.39, 0.29) is 0 Å². The van der Waals surface area contributed by atoms with Crippen molar-refractivity contribution in [1.82, 2.24) is 0 Å². The van der Waals surface area contributed by atoms with Gasteiger partial charge in [0.05, 0.1) is 14.2 Å². The smallest absolute Gasteiger partial charge is 0.335 e. The third kappa shape index (κ3) is 3.00. The second kappa shape index (κ2) is 5.94. The van der Waals surface area contributed by atoms with Gasteiger partial charge in [0, 0.05) is 23.8 Å². The summed E-state index contributed by atoms with van der Waals surface area (Å²) >= 11 is 0. The van der Waals surface area contributed by atoms with Crippen LogP contribution < -0.4 is 14.2 Å². The number of carbonyl (C=O) groups excluding carboxylic acids is 1. The summed E-state index contributed by atoms with van der Waals surface area (Å²) in [6.45, 7) is 5.33. The van der Waals surface area contributed by atoms with Crippen molar-refractivity contribution < 1.29 is 19.0 Å². The number of hydrogen-bond donors (Lipinski definition) is 0. The molecule has 92 valence electrons. The Kier molecular flexibility index (Phi) is 4.57. The van der Waals surface area contributed by atoms with Crippen LogP contribution in [0.3, 0.4) is 0 Å². The second-order valence-electron chi connectivity index (χ2n) is 3.29. The molecule has 0 radical (unpaired) electrons. The third-order valence-corrected chi connectivity index (χ3v) is 2.32. The van der Waals surface area contributed by atoms with Gasteiger partial charge in [0.25, 0.3) is 0 Å². The van der Waals surface area contributed by atoms with Gasteiger partial charge in [0.1, 0.15) is 17.2 Å². The quantitative estimate of drug-likeness (QED) is 0.447. The van der Waals surface area contributed by atoms with Gasteiger partial charge in [0.2, 0.25) is 0 Å². The maximum atomic E-state index is 11.1. The molecule has 0 aliphatic heterocycles. The van der Waals surface area contributed by atoms with Crippen LogP contribution in [-0.2, 0) is 11.2 Å². The molecule has 1 aromatic rings. The number of carbonyl (C=O) groups is 1. The summed E-state index contributed by atoms with van der Waals surface area (Å²) in [5.74, 6) is 1.14. The zero-order valence-electron chi connectivity index (χ0n) is 10.3. The van der Waals surface area contributed by atoms with Crippen molar-refractivity contribution in [3.8, 4) is 17.2 Å². The van der Waals surface area contributed by atoms with Crippen LogP contribution in [0.15, 0.2) is 24.8 Å². The van der Waals surface area contributed by atoms with E-state index < -0.39 is 5.97 Å². The molecular formula is C13H16O4. The van der Waals surface area contributed by atoms with Crippen LogP contribution in [0.2, 0.25) is 0 Å². The van der Waals surface area contributed by atoms with Crippen LogP contribution in [0.1, 0.15) is 12.5 Å². The van der Waals surface area contributed by atoms with E-state index in [0.717, 1.165) is 18.1 Å². The highest BCUT2D eigenvalue weighted by Crippen LogP contribution is 2.34. The van der Waals surface area contributed by atoms with Crippen molar-refractivity contribution in [3.63, 3.8) is 0 Å². The highest BCUT2D eigenvalue weighted by atomic mass is 16.5. The molecule has 0 bridgehead atoms. The molecule has 1 aromatic carbocycles. The highest BCUT2D eigenvalue weighted by Gasteiger charge is 2.12. The largest absolute Gasteiger partial charge is 0.496 e. The summed E-state index contributed by atoms with van der Waals surface area (Å²) in [5.41, 5.74) is 0.938. The van der Waals surface area contributed by atoms with E-state index >= 15 is 0 Å². The second-order valence-corrected chi connectivity index (χ2v) is 3.29. The molecule has 0 saturated carbocycles. The fraction of sp³-hybridized carbons (Fsp3) is 0.308. The summed E-state index contributed by atoms with van der Waals surface area (Å²) in [7, 11) is 3.13. The topological polar surface area (TPSA) is 44.8 Å². The zero-order valence-corrected chi connectivity index (χ0v) is 10.3. The van der Waals surface area contributed by atoms with Crippen molar-refractivity contribution >= 4 is 5.97 Å². The minimum Gasteiger partial charge on any atom is -0.496 e. The molecule has 0 fully saturated rings. The number of ether oxygens (including phenoxy) is 3. The monoisotopic (exact) mass is 236 g/mol. The van der Waals surface area contributed by atoms with Gasteiger partial charge in [-0.15, -0.1) is 0 Å². The van der Waals surface area contributed by atoms with Crippen molar-refractivity contribution in [2.24, 2.45) is 0 Å². The van der Waals surface area contributed by atoms with E-state index in [4.69, 9.17) is 14.2 Å². The molecule has 0 aliphatic rings. The Hall–Kier alpha value is -1.97. The molecule has 0 amide bonds. The molecule has 0 atom stereocenters. The van der Waals surface area contributed by atoms with E-state index in [1.54, 1.807) is 26.4 Å². The van der Waals surface area contributed by atoms with Crippen LogP contribution in [-0.4, -0.2) is 20.2 Å². The van der Waals surface area contributed by atoms with Crippen LogP contribution in [0, 0.1) is 0 Å². The maximum absolute atomic E-state index is 11.1. The van der Waals surface area contributed by atoms with E-state index in [2.05, 4.69) is 6.58 Å². The van der Waals surface area contributed by atoms with Crippen molar-refractivity contribution in [1.29, 1.82) is 0 Å². The standard InChI is InChI=1S/C13H16O4/c1-5-10-11(15-3)7-9(8-12(10)16-4)17-13(14)6-2/h6-8H,2,5H2,1,3-4H3. The predicted molar refractivity (Wildman–Crippen MR) is 64.8 cm³/mol. The zero-order chi connectivity index (χ0) is 12.8. The van der Waals surface area contributed by atoms with E-state index in [0.29, 0.717) is 17.2 Å². The minimum absolute atomic E-state index is 0.376. The number of methoxy groups -OCH3 is 2. The Morgan fingerprint density at radius 2 is 1.82 bits per heavy atom. The molecule has 1 rings (SSSR count). The van der Waals surface area contributed by atoms with E-state index in [9.17, 15) is 4.79 Å². The van der Waals surface area contributed by atoms with Crippen LogP contribution in [0.5, 0.6) is 17.2 Å². The van der Waals surface area contributed by atoms with Crippen molar-refractivity contribution in [2.75, 3.05) is 14.2 Å². The molecule has 0 N–H and O–H groups in total. The average molecular weight is 236 g/mol. The van der Waals surface area contributed by atoms with Gasteiger partial charge in [0.15, 0.2) is 0 Å². The predicted octanol–water partition coefficient (Wildman–Crippen LogP) is 2.36. The summed E-state index contributed by atoms with van der Waals surface area (Å²) in [6.07, 6.45) is 1.87. The van der Waals surface area contributed by atoms with E-state index in [1.165, 1.54) is 0 Å². The molecule has 0 unspecified atom stereocenters. The molecular weight excluding hydrogens is 220 g/mol. The molecule has 0 aliphatic carbocycles. The molecule has 4 heteroatoms. The first-order valence-electron chi connectivity index (χ1n) is 5.25. The van der Waals surface area contributed by atoms with Crippen LogP contribution >= 0.6 is 0 Å². The van der Waals surface area contributed by atoms with Crippen molar-refractivity contribution in [2.45, 2.75) is 13.3 Å². The normalized spacial score (nSPS) is 9.59. The van der Waals surface area contributed by atoms with Gasteiger partial charge in [-0.3, -0.25) is 0 Å². The first-order chi connectivity index (χ1) is 8.15. The molecule has 0 aromatic heterocycles. The van der Waals surface area contributed by atoms with Crippen LogP contribution in [0.25, 0.3) is 0 Å². The van der Waals surface area contributed by atoms with Gasteiger partial charge in [-0.05, 0) is 6.42 Å². The number of rotatable bonds is 5. The maximum Gasteiger partial charge on any atom is 0.335 e. The lowest BCUT2D eigenvalue weighted by atomic mass is 10.1. The number of benzene rings is 1. The lowest BCUT2D eigenvalue weighted by molar-refractivity contribution is -0.128. The van der Waals surface area contributed by atoms with Crippen LogP contribution in [0.4, 0.5) is 0 Å². The first kappa shape index (κ1) is 13.1. The fourth-order valence-corrected chi connectivity index (χ4v) is 1.53. The molecule has 4 nitrogen and oxygen atoms in total. The SMILES string of the molecule is C=CC(=O)Oc1cc(OC)c(CC)c(OC)c1. The van der Waals surface area contributed by atoms with Crippen molar-refractivity contribution in [3.05, 3.63) is 30.4 Å². The van der Waals surface area contributed by atoms with Gasteiger partial charge in [-0.2, -0.15) is 0 Å². The Morgan fingerprint density at radius 3 is 2.18 bits per heavy atom. The summed E-state index contributed by atoms with van der Waals surface area (Å²) in [6, 6.07) is 3.31. The Bertz CT molecular complexity index is 398. The summed E-state index contributed by atoms with van der Waals surface area (Å²) < 4.78 is 15.5. The van der Waals surface area contributed by atoms with E-state index in [1.807, 2.05) is 6.92 Å². The molecule has 17 heavy (non-hydrogen) atoms. The number of esters is 1. The van der Waals surface area contributed by atoms with Gasteiger partial charge in [-0.1, -0.05) is 13.5 Å². The van der Waals surface area contributed by atoms with Gasteiger partial charge in [-0.25, -0.2) is 4.79 Å². The fourth-order valence-electron chi connectivity index (χ4n) is 1.53. The Morgan fingerprint density at radius 1 is 1.29 bits per heavy atom. The summed E-state index contributed by atoms with van der Waals surface area (Å²) in [4.78, 5) is 11.1. The average Bonchev–Trinajstić information content (AvgIpc) is 2.37. The Balaban J connectivity index is 3.17. The Labute approximate surface area is 101 Å². The first-order valence-corrected chi connectivity index (χ1v) is 5.25. The number of hydrogen-bond acceptors (Lipinski definition) is 4. The highest BCUT2D eigenvalue weighted by molar-refractivity contribution is 5.83. The molecule has 0 saturated heterocycles. The summed E-state index contributed by atoms with van der Waals surface area (Å²) in [5, 5.41) is 0.